The number of hydrogen-bond donors (Lipinski definition) is 0. The van der Waals surface area contributed by atoms with Crippen molar-refractivity contribution in [3.05, 3.63) is 29.3 Å². The highest BCUT2D eigenvalue weighted by Crippen LogP contribution is 2.32. The lowest BCUT2D eigenvalue weighted by atomic mass is 9.89. The van der Waals surface area contributed by atoms with Gasteiger partial charge in [-0.15, -0.1) is 0 Å². The molecule has 0 heterocycles. The van der Waals surface area contributed by atoms with Crippen LogP contribution in [-0.4, -0.2) is 12.9 Å². The van der Waals surface area contributed by atoms with Crippen LogP contribution in [0.2, 0.25) is 0 Å². The van der Waals surface area contributed by atoms with Gasteiger partial charge in [-0.1, -0.05) is 43.4 Å². The van der Waals surface area contributed by atoms with Gasteiger partial charge in [0.2, 0.25) is 0 Å². The third kappa shape index (κ3) is 3.85. The molecule has 0 spiro atoms. The first kappa shape index (κ1) is 15.6. The summed E-state index contributed by atoms with van der Waals surface area (Å²) in [6, 6.07) is 7.82. The predicted molar refractivity (Wildman–Crippen MR) is 82.3 cm³/mol. The van der Waals surface area contributed by atoms with Crippen molar-refractivity contribution in [2.24, 2.45) is 5.92 Å². The molecule has 1 aromatic carbocycles. The minimum atomic E-state index is -0.707. The molecule has 1 atom stereocenters. The zero-order chi connectivity index (χ0) is 15.2. The van der Waals surface area contributed by atoms with E-state index in [0.717, 1.165) is 12.0 Å². The molecule has 0 N–H and O–H groups in total. The van der Waals surface area contributed by atoms with Crippen molar-refractivity contribution < 1.29 is 9.53 Å². The molecule has 0 saturated heterocycles. The number of Topliss-reactive ketones (excluding diaryl/α,β-unsaturated/α-hetero) is 1. The lowest BCUT2D eigenvalue weighted by Gasteiger charge is -2.15. The van der Waals surface area contributed by atoms with Gasteiger partial charge < -0.3 is 4.74 Å². The van der Waals surface area contributed by atoms with Gasteiger partial charge in [-0.2, -0.15) is 5.26 Å². The molecule has 0 aliphatic heterocycles. The molecule has 1 unspecified atom stereocenters. The van der Waals surface area contributed by atoms with E-state index in [1.165, 1.54) is 25.7 Å². The maximum absolute atomic E-state index is 12.4. The van der Waals surface area contributed by atoms with E-state index in [1.54, 1.807) is 7.11 Å². The van der Waals surface area contributed by atoms with Crippen molar-refractivity contribution >= 4 is 5.78 Å². The number of carbonyl (C=O) groups excluding carboxylic acids is 1. The van der Waals surface area contributed by atoms with Gasteiger partial charge in [0.25, 0.3) is 0 Å². The normalized spacial score (nSPS) is 16.4. The number of hydrogen-bond acceptors (Lipinski definition) is 3. The Labute approximate surface area is 126 Å². The fourth-order valence-corrected chi connectivity index (χ4v) is 3.18. The van der Waals surface area contributed by atoms with Gasteiger partial charge in [0.05, 0.1) is 13.2 Å². The second kappa shape index (κ2) is 7.26. The molecule has 112 valence electrons. The first-order valence-corrected chi connectivity index (χ1v) is 7.72. The van der Waals surface area contributed by atoms with Crippen LogP contribution in [-0.2, 0) is 4.79 Å². The second-order valence-corrected chi connectivity index (χ2v) is 5.96. The van der Waals surface area contributed by atoms with Gasteiger partial charge in [0, 0.05) is 12.0 Å². The van der Waals surface area contributed by atoms with Crippen LogP contribution in [0.15, 0.2) is 18.2 Å². The van der Waals surface area contributed by atoms with Crippen LogP contribution in [0.4, 0.5) is 0 Å². The van der Waals surface area contributed by atoms with Crippen molar-refractivity contribution in [3.63, 3.8) is 0 Å². The summed E-state index contributed by atoms with van der Waals surface area (Å²) >= 11 is 0. The fraction of sp³-hybridized carbons (Fsp3) is 0.556. The molecule has 3 nitrogen and oxygen atoms in total. The van der Waals surface area contributed by atoms with Crippen LogP contribution in [0.3, 0.4) is 0 Å². The Balaban J connectivity index is 2.09. The minimum Gasteiger partial charge on any atom is -0.496 e. The number of aryl methyl sites for hydroxylation is 1. The van der Waals surface area contributed by atoms with E-state index in [0.29, 0.717) is 23.7 Å². The number of ether oxygens (including phenoxy) is 1. The number of ketones is 1. The lowest BCUT2D eigenvalue weighted by Crippen LogP contribution is -2.13. The van der Waals surface area contributed by atoms with Gasteiger partial charge in [0.15, 0.2) is 5.78 Å². The maximum Gasteiger partial charge on any atom is 0.154 e. The highest BCUT2D eigenvalue weighted by molar-refractivity contribution is 5.89. The molecule has 2 rings (SSSR count). The zero-order valence-electron chi connectivity index (χ0n) is 12.9. The van der Waals surface area contributed by atoms with E-state index >= 15 is 0 Å². The largest absolute Gasteiger partial charge is 0.496 e. The molecule has 0 aromatic heterocycles. The average Bonchev–Trinajstić information content (AvgIpc) is 2.99. The van der Waals surface area contributed by atoms with Crippen molar-refractivity contribution in [1.82, 2.24) is 0 Å². The number of nitrogens with zero attached hydrogens (tertiary/aromatic N) is 1. The first-order valence-electron chi connectivity index (χ1n) is 7.72. The summed E-state index contributed by atoms with van der Waals surface area (Å²) in [6.07, 6.45) is 6.46. The zero-order valence-corrected chi connectivity index (χ0v) is 12.9. The second-order valence-electron chi connectivity index (χ2n) is 5.96. The first-order chi connectivity index (χ1) is 10.2. The van der Waals surface area contributed by atoms with Crippen LogP contribution in [0.1, 0.15) is 55.6 Å². The van der Waals surface area contributed by atoms with Crippen LogP contribution in [0, 0.1) is 24.2 Å². The van der Waals surface area contributed by atoms with Gasteiger partial charge in [0.1, 0.15) is 11.7 Å². The van der Waals surface area contributed by atoms with Gasteiger partial charge >= 0.3 is 0 Å². The molecule has 1 aromatic rings. The van der Waals surface area contributed by atoms with Crippen molar-refractivity contribution in [3.8, 4) is 11.8 Å². The smallest absolute Gasteiger partial charge is 0.154 e. The Kier molecular flexibility index (Phi) is 5.38. The summed E-state index contributed by atoms with van der Waals surface area (Å²) in [6.45, 7) is 1.96. The average molecular weight is 285 g/mol. The molecule has 21 heavy (non-hydrogen) atoms. The quantitative estimate of drug-likeness (QED) is 0.789. The minimum absolute atomic E-state index is 0.0216. The highest BCUT2D eigenvalue weighted by Gasteiger charge is 2.25. The fourth-order valence-electron chi connectivity index (χ4n) is 3.18. The summed E-state index contributed by atoms with van der Waals surface area (Å²) < 4.78 is 5.31. The van der Waals surface area contributed by atoms with E-state index in [9.17, 15) is 10.1 Å². The lowest BCUT2D eigenvalue weighted by molar-refractivity contribution is -0.119. The molecule has 1 aliphatic carbocycles. The van der Waals surface area contributed by atoms with Crippen molar-refractivity contribution in [1.29, 1.82) is 5.26 Å². The molecule has 0 amide bonds. The van der Waals surface area contributed by atoms with Gasteiger partial charge in [-0.3, -0.25) is 4.79 Å². The topological polar surface area (TPSA) is 50.1 Å². The SMILES string of the molecule is COc1ccc(C)cc1C(C#N)C(=O)CCC1CCCC1. The standard InChI is InChI=1S/C18H23NO2/c1-13-7-10-18(21-2)15(11-13)16(12-19)17(20)9-8-14-5-3-4-6-14/h7,10-11,14,16H,3-6,8-9H2,1-2H3. The number of benzene rings is 1. The van der Waals surface area contributed by atoms with Crippen molar-refractivity contribution in [2.45, 2.75) is 51.4 Å². The number of methoxy groups -OCH3 is 1. The third-order valence-corrected chi connectivity index (χ3v) is 4.42. The van der Waals surface area contributed by atoms with Gasteiger partial charge in [-0.05, 0) is 25.3 Å². The van der Waals surface area contributed by atoms with E-state index < -0.39 is 5.92 Å². The molecule has 1 saturated carbocycles. The molecule has 0 radical (unpaired) electrons. The molecule has 1 fully saturated rings. The summed E-state index contributed by atoms with van der Waals surface area (Å²) in [5.74, 6) is 0.614. The Bertz CT molecular complexity index is 539. The van der Waals surface area contributed by atoms with Crippen LogP contribution in [0.5, 0.6) is 5.75 Å². The Morgan fingerprint density at radius 1 is 1.43 bits per heavy atom. The third-order valence-electron chi connectivity index (χ3n) is 4.42. The molecule has 1 aliphatic rings. The predicted octanol–water partition coefficient (Wildman–Crippen LogP) is 4.15. The van der Waals surface area contributed by atoms with E-state index in [-0.39, 0.29) is 5.78 Å². The van der Waals surface area contributed by atoms with Crippen molar-refractivity contribution in [2.75, 3.05) is 7.11 Å². The molecular formula is C18H23NO2. The summed E-state index contributed by atoms with van der Waals surface area (Å²) in [4.78, 5) is 12.4. The summed E-state index contributed by atoms with van der Waals surface area (Å²) in [5.41, 5.74) is 1.74. The molecular weight excluding hydrogens is 262 g/mol. The summed E-state index contributed by atoms with van der Waals surface area (Å²) in [5, 5.41) is 9.43. The van der Waals surface area contributed by atoms with Crippen LogP contribution < -0.4 is 4.74 Å². The number of carbonyl (C=O) groups is 1. The number of rotatable bonds is 6. The Morgan fingerprint density at radius 2 is 2.14 bits per heavy atom. The number of nitriles is 1. The maximum atomic E-state index is 12.4. The van der Waals surface area contributed by atoms with E-state index in [4.69, 9.17) is 4.74 Å². The molecule has 0 bridgehead atoms. The molecule has 3 heteroatoms. The highest BCUT2D eigenvalue weighted by atomic mass is 16.5. The van der Waals surface area contributed by atoms with Gasteiger partial charge in [-0.25, -0.2) is 0 Å². The summed E-state index contributed by atoms with van der Waals surface area (Å²) in [7, 11) is 1.58. The monoisotopic (exact) mass is 285 g/mol. The Hall–Kier alpha value is -1.82. The van der Waals surface area contributed by atoms with Crippen LogP contribution >= 0.6 is 0 Å². The van der Waals surface area contributed by atoms with E-state index in [1.807, 2.05) is 25.1 Å². The van der Waals surface area contributed by atoms with E-state index in [2.05, 4.69) is 6.07 Å². The van der Waals surface area contributed by atoms with Crippen LogP contribution in [0.25, 0.3) is 0 Å². The Morgan fingerprint density at radius 3 is 2.76 bits per heavy atom.